The zero-order chi connectivity index (χ0) is 20.8. The fourth-order valence-corrected chi connectivity index (χ4v) is 4.59. The van der Waals surface area contributed by atoms with Crippen LogP contribution in [0, 0.1) is 5.92 Å². The van der Waals surface area contributed by atoms with Crippen LogP contribution in [-0.4, -0.2) is 25.9 Å². The van der Waals surface area contributed by atoms with Crippen molar-refractivity contribution in [1.82, 2.24) is 9.55 Å². The van der Waals surface area contributed by atoms with Gasteiger partial charge < -0.3 is 14.6 Å². The van der Waals surface area contributed by atoms with Crippen LogP contribution in [0.2, 0.25) is 5.15 Å². The minimum Gasteiger partial charge on any atom is -0.390 e. The second-order valence-electron chi connectivity index (χ2n) is 7.79. The molecule has 6 nitrogen and oxygen atoms in total. The number of hydrogen-bond donors (Lipinski definition) is 2. The molecule has 1 unspecified atom stereocenters. The van der Waals surface area contributed by atoms with Crippen LogP contribution >= 0.6 is 11.6 Å². The summed E-state index contributed by atoms with van der Waals surface area (Å²) in [6.07, 6.45) is 7.00. The van der Waals surface area contributed by atoms with Gasteiger partial charge in [-0.15, -0.1) is 0 Å². The summed E-state index contributed by atoms with van der Waals surface area (Å²) in [5.74, 6) is 0.0510. The molecule has 158 valence electrons. The molecule has 29 heavy (non-hydrogen) atoms. The van der Waals surface area contributed by atoms with Crippen LogP contribution in [0.1, 0.15) is 74.0 Å². The molecule has 1 aliphatic rings. The monoisotopic (exact) mass is 420 g/mol. The van der Waals surface area contributed by atoms with Gasteiger partial charge >= 0.3 is 5.97 Å². The molecule has 0 saturated heterocycles. The van der Waals surface area contributed by atoms with Crippen molar-refractivity contribution in [2.45, 2.75) is 70.9 Å². The molecule has 1 aromatic carbocycles. The highest BCUT2D eigenvalue weighted by Gasteiger charge is 2.33. The number of carbonyl (C=O) groups excluding carboxylic acids is 1. The number of aromatic nitrogens is 2. The lowest BCUT2D eigenvalue weighted by molar-refractivity contribution is -0.237. The molecule has 2 aromatic rings. The van der Waals surface area contributed by atoms with E-state index >= 15 is 0 Å². The van der Waals surface area contributed by atoms with Crippen molar-refractivity contribution in [2.24, 2.45) is 5.92 Å². The van der Waals surface area contributed by atoms with E-state index in [1.165, 1.54) is 0 Å². The average Bonchev–Trinajstić information content (AvgIpc) is 3.35. The first-order valence-electron chi connectivity index (χ1n) is 10.4. The van der Waals surface area contributed by atoms with Crippen LogP contribution in [-0.2, 0) is 29.3 Å². The molecule has 0 radical (unpaired) electrons. The van der Waals surface area contributed by atoms with Gasteiger partial charge in [0.15, 0.2) is 5.15 Å². The van der Waals surface area contributed by atoms with Crippen molar-refractivity contribution in [3.8, 4) is 0 Å². The number of aliphatic hydroxyl groups excluding tert-OH is 1. The number of carbonyl (C=O) groups is 1. The van der Waals surface area contributed by atoms with Crippen molar-refractivity contribution in [2.75, 3.05) is 0 Å². The van der Waals surface area contributed by atoms with Crippen LogP contribution in [0.15, 0.2) is 24.3 Å². The van der Waals surface area contributed by atoms with Crippen LogP contribution in [0.5, 0.6) is 0 Å². The zero-order valence-corrected chi connectivity index (χ0v) is 17.6. The van der Waals surface area contributed by atoms with Gasteiger partial charge in [0.25, 0.3) is 0 Å². The van der Waals surface area contributed by atoms with E-state index < -0.39 is 11.9 Å². The predicted octanol–water partition coefficient (Wildman–Crippen LogP) is 4.71. The summed E-state index contributed by atoms with van der Waals surface area (Å²) in [5, 5.41) is 19.0. The Balaban J connectivity index is 1.82. The number of hydrogen-bond acceptors (Lipinski definition) is 5. The third-order valence-electron chi connectivity index (χ3n) is 5.90. The molecule has 1 heterocycles. The second kappa shape index (κ2) is 10.2. The van der Waals surface area contributed by atoms with E-state index in [1.807, 2.05) is 28.8 Å². The summed E-state index contributed by atoms with van der Waals surface area (Å²) in [7, 11) is 0. The smallest absolute Gasteiger partial charge is 0.349 e. The maximum absolute atomic E-state index is 12.2. The Morgan fingerprint density at radius 3 is 2.59 bits per heavy atom. The minimum atomic E-state index is -0.588. The van der Waals surface area contributed by atoms with Crippen LogP contribution in [0.25, 0.3) is 0 Å². The molecule has 0 amide bonds. The van der Waals surface area contributed by atoms with Crippen LogP contribution in [0.4, 0.5) is 0 Å². The summed E-state index contributed by atoms with van der Waals surface area (Å²) in [4.78, 5) is 20.7. The Labute approximate surface area is 176 Å². The molecule has 1 atom stereocenters. The molecule has 0 bridgehead atoms. The fraction of sp³-hybridized carbons (Fsp3) is 0.545. The SMILES string of the molecule is CCCCc1nc(Cl)c(CO)n1Cc1ccc(C(C(=O)OO)C2CCCC2)cc1. The first-order chi connectivity index (χ1) is 14.1. The molecule has 1 saturated carbocycles. The molecule has 2 N–H and O–H groups in total. The maximum atomic E-state index is 12.2. The maximum Gasteiger partial charge on any atom is 0.349 e. The van der Waals surface area contributed by atoms with E-state index in [0.717, 1.165) is 61.9 Å². The minimum absolute atomic E-state index is 0.165. The van der Waals surface area contributed by atoms with E-state index in [9.17, 15) is 9.90 Å². The summed E-state index contributed by atoms with van der Waals surface area (Å²) in [6.45, 7) is 2.51. The number of rotatable bonds is 9. The molecule has 0 spiro atoms. The van der Waals surface area contributed by atoms with Crippen LogP contribution < -0.4 is 0 Å². The van der Waals surface area contributed by atoms with Gasteiger partial charge in [-0.3, -0.25) is 0 Å². The van der Waals surface area contributed by atoms with Crippen molar-refractivity contribution in [3.05, 3.63) is 52.1 Å². The number of aryl methyl sites for hydroxylation is 1. The lowest BCUT2D eigenvalue weighted by Gasteiger charge is -2.21. The van der Waals surface area contributed by atoms with Gasteiger partial charge in [-0.2, -0.15) is 5.26 Å². The lowest BCUT2D eigenvalue weighted by Crippen LogP contribution is -2.21. The lowest BCUT2D eigenvalue weighted by atomic mass is 9.84. The molecule has 0 aliphatic heterocycles. The Hall–Kier alpha value is -1.89. The highest BCUT2D eigenvalue weighted by atomic mass is 35.5. The molecular formula is C22H29ClN2O4. The third kappa shape index (κ3) is 5.00. The van der Waals surface area contributed by atoms with Gasteiger partial charge in [0, 0.05) is 13.0 Å². The van der Waals surface area contributed by atoms with Gasteiger partial charge in [-0.1, -0.05) is 62.1 Å². The van der Waals surface area contributed by atoms with Crippen LogP contribution in [0.3, 0.4) is 0 Å². The number of benzene rings is 1. The Kier molecular flexibility index (Phi) is 7.70. The van der Waals surface area contributed by atoms with Gasteiger partial charge in [0.1, 0.15) is 5.82 Å². The largest absolute Gasteiger partial charge is 0.390 e. The van der Waals surface area contributed by atoms with E-state index in [0.29, 0.717) is 17.4 Å². The molecular weight excluding hydrogens is 392 g/mol. The number of aliphatic hydroxyl groups is 1. The van der Waals surface area contributed by atoms with E-state index in [1.54, 1.807) is 0 Å². The van der Waals surface area contributed by atoms with Gasteiger partial charge in [0.05, 0.1) is 18.2 Å². The predicted molar refractivity (Wildman–Crippen MR) is 111 cm³/mol. The first-order valence-corrected chi connectivity index (χ1v) is 10.8. The second-order valence-corrected chi connectivity index (χ2v) is 8.15. The number of unbranched alkanes of at least 4 members (excludes halogenated alkanes) is 1. The number of nitrogens with zero attached hydrogens (tertiary/aromatic N) is 2. The van der Waals surface area contributed by atoms with Crippen molar-refractivity contribution < 1.29 is 20.0 Å². The van der Waals surface area contributed by atoms with Gasteiger partial charge in [-0.05, 0) is 36.3 Å². The molecule has 7 heteroatoms. The van der Waals surface area contributed by atoms with Crippen molar-refractivity contribution >= 4 is 17.6 Å². The first kappa shape index (κ1) is 21.8. The summed E-state index contributed by atoms with van der Waals surface area (Å²) >= 11 is 6.22. The average molecular weight is 421 g/mol. The number of halogens is 1. The molecule has 1 aliphatic carbocycles. The highest BCUT2D eigenvalue weighted by Crippen LogP contribution is 2.38. The van der Waals surface area contributed by atoms with E-state index in [2.05, 4.69) is 16.8 Å². The topological polar surface area (TPSA) is 84.6 Å². The van der Waals surface area contributed by atoms with Crippen molar-refractivity contribution in [3.63, 3.8) is 0 Å². The Morgan fingerprint density at radius 2 is 2.00 bits per heavy atom. The van der Waals surface area contributed by atoms with Gasteiger partial charge in [-0.25, -0.2) is 9.78 Å². The zero-order valence-electron chi connectivity index (χ0n) is 16.8. The Morgan fingerprint density at radius 1 is 1.31 bits per heavy atom. The molecule has 1 aromatic heterocycles. The van der Waals surface area contributed by atoms with E-state index in [4.69, 9.17) is 16.9 Å². The normalized spacial score (nSPS) is 15.6. The summed E-state index contributed by atoms with van der Waals surface area (Å²) < 4.78 is 1.98. The quantitative estimate of drug-likeness (QED) is 0.453. The van der Waals surface area contributed by atoms with Gasteiger partial charge in [0.2, 0.25) is 0 Å². The highest BCUT2D eigenvalue weighted by molar-refractivity contribution is 6.30. The number of imidazole rings is 1. The standard InChI is InChI=1S/C22H29ClN2O4/c1-2-3-8-19-24-21(23)18(14-26)25(19)13-15-9-11-17(12-10-15)20(22(27)29-28)16-6-4-5-7-16/h9-12,16,20,26,28H,2-8,13-14H2,1H3. The Bertz CT molecular complexity index is 813. The summed E-state index contributed by atoms with van der Waals surface area (Å²) in [6, 6.07) is 7.80. The molecule has 1 fully saturated rings. The van der Waals surface area contributed by atoms with Crippen molar-refractivity contribution in [1.29, 1.82) is 0 Å². The molecule has 3 rings (SSSR count). The summed E-state index contributed by atoms with van der Waals surface area (Å²) in [5.41, 5.74) is 2.50. The fourth-order valence-electron chi connectivity index (χ4n) is 4.33. The van der Waals surface area contributed by atoms with E-state index in [-0.39, 0.29) is 12.5 Å². The third-order valence-corrected chi connectivity index (χ3v) is 6.20.